The van der Waals surface area contributed by atoms with Crippen LogP contribution in [0.5, 0.6) is 11.5 Å². The first-order valence-electron chi connectivity index (χ1n) is 9.13. The molecule has 156 valence electrons. The molecule has 0 saturated carbocycles. The minimum atomic E-state index is -0.516. The van der Waals surface area contributed by atoms with Crippen molar-refractivity contribution in [3.05, 3.63) is 63.0 Å². The number of hydrogen-bond acceptors (Lipinski definition) is 7. The molecule has 0 unspecified atom stereocenters. The van der Waals surface area contributed by atoms with Crippen molar-refractivity contribution in [2.45, 2.75) is 19.9 Å². The quantitative estimate of drug-likeness (QED) is 0.379. The molecule has 1 fully saturated rings. The zero-order chi connectivity index (χ0) is 21.8. The van der Waals surface area contributed by atoms with Crippen LogP contribution >= 0.6 is 11.8 Å². The Morgan fingerprint density at radius 3 is 2.33 bits per heavy atom. The van der Waals surface area contributed by atoms with Crippen molar-refractivity contribution in [2.24, 2.45) is 4.99 Å². The van der Waals surface area contributed by atoms with Gasteiger partial charge in [-0.15, -0.1) is 0 Å². The van der Waals surface area contributed by atoms with Crippen molar-refractivity contribution in [1.29, 1.82) is 0 Å². The predicted octanol–water partition coefficient (Wildman–Crippen LogP) is 4.62. The topological polar surface area (TPSA) is 94.3 Å². The predicted molar refractivity (Wildman–Crippen MR) is 117 cm³/mol. The lowest BCUT2D eigenvalue weighted by Gasteiger charge is -2.19. The van der Waals surface area contributed by atoms with Crippen molar-refractivity contribution < 1.29 is 19.2 Å². The highest BCUT2D eigenvalue weighted by Gasteiger charge is 2.36. The molecule has 0 N–H and O–H groups in total. The minimum absolute atomic E-state index is 0.126. The van der Waals surface area contributed by atoms with E-state index in [1.807, 2.05) is 44.2 Å². The summed E-state index contributed by atoms with van der Waals surface area (Å²) in [5.74, 6) is 0.324. The number of hydrogen-bond donors (Lipinski definition) is 0. The molecule has 9 heteroatoms. The molecule has 0 aliphatic carbocycles. The van der Waals surface area contributed by atoms with Crippen LogP contribution in [0.15, 0.2) is 52.4 Å². The number of methoxy groups -OCH3 is 2. The molecule has 0 spiro atoms. The van der Waals surface area contributed by atoms with Crippen LogP contribution in [0.25, 0.3) is 6.08 Å². The lowest BCUT2D eigenvalue weighted by molar-refractivity contribution is -0.385. The Labute approximate surface area is 178 Å². The van der Waals surface area contributed by atoms with Crippen LogP contribution < -0.4 is 9.47 Å². The fourth-order valence-corrected chi connectivity index (χ4v) is 4.04. The van der Waals surface area contributed by atoms with Gasteiger partial charge in [-0.3, -0.25) is 19.8 Å². The van der Waals surface area contributed by atoms with Gasteiger partial charge < -0.3 is 9.47 Å². The van der Waals surface area contributed by atoms with E-state index in [0.717, 1.165) is 5.69 Å². The molecule has 2 aromatic rings. The second kappa shape index (κ2) is 9.00. The van der Waals surface area contributed by atoms with E-state index in [-0.39, 0.29) is 28.9 Å². The zero-order valence-electron chi connectivity index (χ0n) is 17.0. The van der Waals surface area contributed by atoms with Gasteiger partial charge in [-0.2, -0.15) is 0 Å². The number of amidine groups is 1. The summed E-state index contributed by atoms with van der Waals surface area (Å²) >= 11 is 1.18. The van der Waals surface area contributed by atoms with Crippen LogP contribution in [0.3, 0.4) is 0 Å². The number of nitro benzene ring substituents is 1. The standard InChI is InChI=1S/C21H21N3O5S/c1-13(2)23-20(25)19(30-21(23)22-15-8-6-5-7-9-15)11-14-10-17(28-3)18(29-4)12-16(14)24(26)27/h5-13H,1-4H3/b19-11+,22-21?. The van der Waals surface area contributed by atoms with Gasteiger partial charge in [0, 0.05) is 6.04 Å². The monoisotopic (exact) mass is 427 g/mol. The summed E-state index contributed by atoms with van der Waals surface area (Å²) < 4.78 is 10.4. The lowest BCUT2D eigenvalue weighted by atomic mass is 10.1. The van der Waals surface area contributed by atoms with Gasteiger partial charge in [0.2, 0.25) is 0 Å². The molecule has 0 aromatic heterocycles. The first-order chi connectivity index (χ1) is 14.3. The second-order valence-corrected chi connectivity index (χ2v) is 7.64. The van der Waals surface area contributed by atoms with E-state index in [2.05, 4.69) is 4.99 Å². The largest absolute Gasteiger partial charge is 0.493 e. The number of rotatable bonds is 6. The van der Waals surface area contributed by atoms with Crippen LogP contribution in [0.4, 0.5) is 11.4 Å². The third-order valence-electron chi connectivity index (χ3n) is 4.35. The summed E-state index contributed by atoms with van der Waals surface area (Å²) in [6, 6.07) is 12.0. The van der Waals surface area contributed by atoms with Gasteiger partial charge in [0.1, 0.15) is 0 Å². The molecule has 1 heterocycles. The van der Waals surface area contributed by atoms with Crippen LogP contribution in [-0.2, 0) is 4.79 Å². The van der Waals surface area contributed by atoms with E-state index >= 15 is 0 Å². The lowest BCUT2D eigenvalue weighted by Crippen LogP contribution is -2.35. The number of amides is 1. The molecule has 1 aliphatic heterocycles. The minimum Gasteiger partial charge on any atom is -0.493 e. The average Bonchev–Trinajstić information content (AvgIpc) is 3.02. The van der Waals surface area contributed by atoms with Crippen molar-refractivity contribution in [3.8, 4) is 11.5 Å². The van der Waals surface area contributed by atoms with Gasteiger partial charge in [-0.05, 0) is 49.9 Å². The Bertz CT molecular complexity index is 1030. The number of nitro groups is 1. The normalized spacial score (nSPS) is 16.6. The molecular formula is C21H21N3O5S. The molecule has 30 heavy (non-hydrogen) atoms. The van der Waals surface area contributed by atoms with E-state index in [0.29, 0.717) is 15.8 Å². The van der Waals surface area contributed by atoms with E-state index in [1.165, 1.54) is 44.2 Å². The average molecular weight is 427 g/mol. The SMILES string of the molecule is COc1cc(/C=C2/SC(=Nc3ccccc3)N(C(C)C)C2=O)c([N+](=O)[O-])cc1OC. The Morgan fingerprint density at radius 1 is 1.13 bits per heavy atom. The summed E-state index contributed by atoms with van der Waals surface area (Å²) in [6.07, 6.45) is 1.50. The number of benzene rings is 2. The third kappa shape index (κ3) is 4.30. The fourth-order valence-electron chi connectivity index (χ4n) is 2.93. The molecule has 8 nitrogen and oxygen atoms in total. The molecule has 0 bridgehead atoms. The number of thioether (sulfide) groups is 1. The Balaban J connectivity index is 2.08. The van der Waals surface area contributed by atoms with Crippen LogP contribution in [0, 0.1) is 10.1 Å². The highest BCUT2D eigenvalue weighted by molar-refractivity contribution is 8.18. The molecule has 0 atom stereocenters. The number of nitrogens with zero attached hydrogens (tertiary/aromatic N) is 3. The number of ether oxygens (including phenoxy) is 2. The highest BCUT2D eigenvalue weighted by Crippen LogP contribution is 2.39. The van der Waals surface area contributed by atoms with Gasteiger partial charge in [0.25, 0.3) is 11.6 Å². The summed E-state index contributed by atoms with van der Waals surface area (Å²) in [6.45, 7) is 3.78. The van der Waals surface area contributed by atoms with Crippen molar-refractivity contribution in [3.63, 3.8) is 0 Å². The van der Waals surface area contributed by atoms with Crippen LogP contribution in [0.2, 0.25) is 0 Å². The van der Waals surface area contributed by atoms with Crippen LogP contribution in [0.1, 0.15) is 19.4 Å². The maximum Gasteiger partial charge on any atom is 0.280 e. The molecule has 1 aliphatic rings. The van der Waals surface area contributed by atoms with E-state index < -0.39 is 4.92 Å². The number of para-hydroxylation sites is 1. The molecule has 1 saturated heterocycles. The first-order valence-corrected chi connectivity index (χ1v) is 9.94. The fraction of sp³-hybridized carbons (Fsp3) is 0.238. The number of carbonyl (C=O) groups excluding carboxylic acids is 1. The second-order valence-electron chi connectivity index (χ2n) is 6.63. The summed E-state index contributed by atoms with van der Waals surface area (Å²) in [5.41, 5.74) is 0.785. The maximum atomic E-state index is 13.0. The van der Waals surface area contributed by atoms with Gasteiger partial charge in [-0.25, -0.2) is 4.99 Å². The summed E-state index contributed by atoms with van der Waals surface area (Å²) in [7, 11) is 2.85. The van der Waals surface area contributed by atoms with Gasteiger partial charge in [-0.1, -0.05) is 18.2 Å². The third-order valence-corrected chi connectivity index (χ3v) is 5.33. The Morgan fingerprint density at radius 2 is 1.77 bits per heavy atom. The van der Waals surface area contributed by atoms with Crippen molar-refractivity contribution >= 4 is 40.3 Å². The van der Waals surface area contributed by atoms with E-state index in [9.17, 15) is 14.9 Å². The molecule has 3 rings (SSSR count). The first kappa shape index (κ1) is 21.4. The van der Waals surface area contributed by atoms with E-state index in [1.54, 1.807) is 4.90 Å². The number of aliphatic imine (C=N–C) groups is 1. The Kier molecular flexibility index (Phi) is 6.41. The Hall–Kier alpha value is -3.33. The maximum absolute atomic E-state index is 13.0. The molecular weight excluding hydrogens is 406 g/mol. The smallest absolute Gasteiger partial charge is 0.280 e. The van der Waals surface area contributed by atoms with Gasteiger partial charge in [0.05, 0.1) is 41.4 Å². The molecule has 0 radical (unpaired) electrons. The van der Waals surface area contributed by atoms with Gasteiger partial charge in [0.15, 0.2) is 16.7 Å². The van der Waals surface area contributed by atoms with Crippen LogP contribution in [-0.4, -0.2) is 41.2 Å². The highest BCUT2D eigenvalue weighted by atomic mass is 32.2. The summed E-state index contributed by atoms with van der Waals surface area (Å²) in [5, 5.41) is 12.1. The van der Waals surface area contributed by atoms with Gasteiger partial charge >= 0.3 is 0 Å². The molecule has 2 aromatic carbocycles. The molecule has 1 amide bonds. The van der Waals surface area contributed by atoms with Crippen molar-refractivity contribution in [1.82, 2.24) is 4.90 Å². The zero-order valence-corrected chi connectivity index (χ0v) is 17.8. The summed E-state index contributed by atoms with van der Waals surface area (Å²) in [4.78, 5) is 30.6. The van der Waals surface area contributed by atoms with E-state index in [4.69, 9.17) is 9.47 Å². The van der Waals surface area contributed by atoms with Crippen molar-refractivity contribution in [2.75, 3.05) is 14.2 Å². The number of carbonyl (C=O) groups is 1.